The van der Waals surface area contributed by atoms with Gasteiger partial charge in [0.2, 0.25) is 18.2 Å². The summed E-state index contributed by atoms with van der Waals surface area (Å²) >= 11 is 0. The SMILES string of the molecule is Cc1ccc(N2CCN(CCC(=O)O)CC2)cc1C(=O)N(C=O)C1CCC(=O)NC1=O. The molecule has 2 N–H and O–H groups in total. The fourth-order valence-corrected chi connectivity index (χ4v) is 3.87. The van der Waals surface area contributed by atoms with E-state index in [1.807, 2.05) is 6.07 Å². The summed E-state index contributed by atoms with van der Waals surface area (Å²) in [5.41, 5.74) is 1.82. The van der Waals surface area contributed by atoms with Crippen molar-refractivity contribution in [1.29, 1.82) is 0 Å². The lowest BCUT2D eigenvalue weighted by Crippen LogP contribution is -2.54. The van der Waals surface area contributed by atoms with Crippen molar-refractivity contribution in [2.24, 2.45) is 0 Å². The number of carbonyl (C=O) groups excluding carboxylic acids is 4. The van der Waals surface area contributed by atoms with Crippen molar-refractivity contribution >= 4 is 35.8 Å². The van der Waals surface area contributed by atoms with Crippen molar-refractivity contribution in [2.45, 2.75) is 32.2 Å². The van der Waals surface area contributed by atoms with E-state index in [4.69, 9.17) is 5.11 Å². The first kappa shape index (κ1) is 22.4. The molecule has 0 bridgehead atoms. The minimum atomic E-state index is -1.01. The van der Waals surface area contributed by atoms with Gasteiger partial charge in [-0.15, -0.1) is 0 Å². The number of aryl methyl sites for hydroxylation is 1. The lowest BCUT2D eigenvalue weighted by molar-refractivity contribution is -0.139. The first-order chi connectivity index (χ1) is 14.8. The number of piperidine rings is 1. The quantitative estimate of drug-likeness (QED) is 0.457. The molecule has 166 valence electrons. The van der Waals surface area contributed by atoms with Gasteiger partial charge in [-0.1, -0.05) is 6.07 Å². The van der Waals surface area contributed by atoms with Gasteiger partial charge in [-0.25, -0.2) is 0 Å². The molecule has 10 heteroatoms. The lowest BCUT2D eigenvalue weighted by atomic mass is 10.0. The van der Waals surface area contributed by atoms with Crippen LogP contribution in [-0.4, -0.2) is 83.8 Å². The number of nitrogens with one attached hydrogen (secondary N) is 1. The van der Waals surface area contributed by atoms with Crippen molar-refractivity contribution in [3.63, 3.8) is 0 Å². The zero-order valence-electron chi connectivity index (χ0n) is 17.4. The van der Waals surface area contributed by atoms with Gasteiger partial charge in [0.15, 0.2) is 0 Å². The summed E-state index contributed by atoms with van der Waals surface area (Å²) < 4.78 is 0. The Hall–Kier alpha value is -3.27. The van der Waals surface area contributed by atoms with Crippen LogP contribution in [0.2, 0.25) is 0 Å². The summed E-state index contributed by atoms with van der Waals surface area (Å²) in [6.07, 6.45) is 0.617. The smallest absolute Gasteiger partial charge is 0.304 e. The van der Waals surface area contributed by atoms with E-state index in [1.165, 1.54) is 0 Å². The number of rotatable bonds is 7. The molecule has 4 amide bonds. The number of anilines is 1. The van der Waals surface area contributed by atoms with E-state index < -0.39 is 29.7 Å². The molecule has 2 saturated heterocycles. The van der Waals surface area contributed by atoms with E-state index in [-0.39, 0.29) is 19.3 Å². The molecular formula is C21H26N4O6. The summed E-state index contributed by atoms with van der Waals surface area (Å²) in [6, 6.07) is 4.40. The van der Waals surface area contributed by atoms with Crippen molar-refractivity contribution < 1.29 is 29.1 Å². The van der Waals surface area contributed by atoms with Crippen molar-refractivity contribution in [3.8, 4) is 0 Å². The second-order valence-corrected chi connectivity index (χ2v) is 7.76. The zero-order valence-corrected chi connectivity index (χ0v) is 17.4. The molecule has 0 saturated carbocycles. The lowest BCUT2D eigenvalue weighted by Gasteiger charge is -2.36. The molecule has 0 radical (unpaired) electrons. The van der Waals surface area contributed by atoms with Gasteiger partial charge in [-0.2, -0.15) is 0 Å². The van der Waals surface area contributed by atoms with Gasteiger partial charge in [-0.05, 0) is 31.0 Å². The number of benzene rings is 1. The predicted octanol–water partition coefficient (Wildman–Crippen LogP) is -0.00448. The Morgan fingerprint density at radius 2 is 1.94 bits per heavy atom. The summed E-state index contributed by atoms with van der Waals surface area (Å²) in [5.74, 6) is -2.47. The summed E-state index contributed by atoms with van der Waals surface area (Å²) in [5, 5.41) is 11.0. The normalized spacial score (nSPS) is 19.6. The van der Waals surface area contributed by atoms with Crippen molar-refractivity contribution in [1.82, 2.24) is 15.1 Å². The van der Waals surface area contributed by atoms with E-state index in [2.05, 4.69) is 15.1 Å². The number of piperazine rings is 1. The number of imide groups is 2. The fourth-order valence-electron chi connectivity index (χ4n) is 3.87. The monoisotopic (exact) mass is 430 g/mol. The van der Waals surface area contributed by atoms with Crippen LogP contribution in [0.1, 0.15) is 35.2 Å². The number of carboxylic acid groups (broad SMARTS) is 1. The molecule has 0 aliphatic carbocycles. The maximum atomic E-state index is 13.1. The average Bonchev–Trinajstić information content (AvgIpc) is 2.75. The Bertz CT molecular complexity index is 894. The average molecular weight is 430 g/mol. The van der Waals surface area contributed by atoms with Crippen LogP contribution >= 0.6 is 0 Å². The van der Waals surface area contributed by atoms with E-state index in [0.717, 1.165) is 10.6 Å². The van der Waals surface area contributed by atoms with Gasteiger partial charge in [0.1, 0.15) is 6.04 Å². The van der Waals surface area contributed by atoms with Gasteiger partial charge in [-0.3, -0.25) is 39.1 Å². The van der Waals surface area contributed by atoms with Crippen LogP contribution in [0.15, 0.2) is 18.2 Å². The molecule has 0 spiro atoms. The Labute approximate surface area is 179 Å². The minimum absolute atomic E-state index is 0.0687. The number of nitrogens with zero attached hydrogens (tertiary/aromatic N) is 3. The summed E-state index contributed by atoms with van der Waals surface area (Å²) in [6.45, 7) is 5.04. The molecule has 1 atom stereocenters. The van der Waals surface area contributed by atoms with Crippen LogP contribution in [0.25, 0.3) is 0 Å². The highest BCUT2D eigenvalue weighted by Gasteiger charge is 2.35. The molecule has 10 nitrogen and oxygen atoms in total. The Morgan fingerprint density at radius 3 is 2.55 bits per heavy atom. The highest BCUT2D eigenvalue weighted by Crippen LogP contribution is 2.23. The van der Waals surface area contributed by atoms with Gasteiger partial charge in [0, 0.05) is 50.4 Å². The van der Waals surface area contributed by atoms with E-state index >= 15 is 0 Å². The fraction of sp³-hybridized carbons (Fsp3) is 0.476. The molecule has 2 aliphatic heterocycles. The standard InChI is InChI=1S/C21H26N4O6/c1-14-2-3-15(24-10-8-23(9-11-24)7-6-19(28)29)12-16(14)21(31)25(13-26)17-4-5-18(27)22-20(17)30/h2-3,12-13,17H,4-11H2,1H3,(H,28,29)(H,22,27,30). The number of amides is 4. The van der Waals surface area contributed by atoms with Crippen LogP contribution in [0.3, 0.4) is 0 Å². The number of hydrogen-bond acceptors (Lipinski definition) is 7. The molecule has 2 heterocycles. The first-order valence-electron chi connectivity index (χ1n) is 10.2. The molecule has 31 heavy (non-hydrogen) atoms. The van der Waals surface area contributed by atoms with Crippen LogP contribution < -0.4 is 10.2 Å². The van der Waals surface area contributed by atoms with Crippen LogP contribution in [0.4, 0.5) is 5.69 Å². The Kier molecular flexibility index (Phi) is 7.01. The van der Waals surface area contributed by atoms with Gasteiger partial charge >= 0.3 is 5.97 Å². The molecule has 2 fully saturated rings. The van der Waals surface area contributed by atoms with Crippen LogP contribution in [0, 0.1) is 6.92 Å². The molecule has 1 aromatic carbocycles. The molecule has 0 aromatic heterocycles. The highest BCUT2D eigenvalue weighted by molar-refractivity contribution is 6.07. The number of carboxylic acids is 1. The predicted molar refractivity (Wildman–Crippen MR) is 110 cm³/mol. The van der Waals surface area contributed by atoms with E-state index in [1.54, 1.807) is 19.1 Å². The minimum Gasteiger partial charge on any atom is -0.481 e. The van der Waals surface area contributed by atoms with E-state index in [0.29, 0.717) is 50.3 Å². The molecule has 1 aromatic rings. The second-order valence-electron chi connectivity index (χ2n) is 7.76. The molecular weight excluding hydrogens is 404 g/mol. The highest BCUT2D eigenvalue weighted by atomic mass is 16.4. The molecule has 2 aliphatic rings. The summed E-state index contributed by atoms with van der Waals surface area (Å²) in [7, 11) is 0. The maximum Gasteiger partial charge on any atom is 0.304 e. The third-order valence-electron chi connectivity index (χ3n) is 5.72. The first-order valence-corrected chi connectivity index (χ1v) is 10.2. The zero-order chi connectivity index (χ0) is 22.5. The summed E-state index contributed by atoms with van der Waals surface area (Å²) in [4.78, 5) is 64.1. The van der Waals surface area contributed by atoms with Gasteiger partial charge < -0.3 is 10.0 Å². The number of aliphatic carboxylic acids is 1. The molecule has 3 rings (SSSR count). The maximum absolute atomic E-state index is 13.1. The van der Waals surface area contributed by atoms with Crippen LogP contribution in [-0.2, 0) is 19.2 Å². The molecule has 1 unspecified atom stereocenters. The topological polar surface area (TPSA) is 127 Å². The number of carbonyl (C=O) groups is 5. The van der Waals surface area contributed by atoms with Gasteiger partial charge in [0.05, 0.1) is 6.42 Å². The number of hydrogen-bond donors (Lipinski definition) is 2. The van der Waals surface area contributed by atoms with Crippen molar-refractivity contribution in [2.75, 3.05) is 37.6 Å². The largest absolute Gasteiger partial charge is 0.481 e. The van der Waals surface area contributed by atoms with Crippen LogP contribution in [0.5, 0.6) is 0 Å². The third-order valence-corrected chi connectivity index (χ3v) is 5.72. The second kappa shape index (κ2) is 9.69. The Morgan fingerprint density at radius 1 is 1.23 bits per heavy atom. The van der Waals surface area contributed by atoms with Crippen molar-refractivity contribution in [3.05, 3.63) is 29.3 Å². The third kappa shape index (κ3) is 5.26. The van der Waals surface area contributed by atoms with E-state index in [9.17, 15) is 24.0 Å². The Balaban J connectivity index is 1.72. The van der Waals surface area contributed by atoms with Gasteiger partial charge in [0.25, 0.3) is 5.91 Å².